The molecule has 1 nitrogen and oxygen atoms in total. The van der Waals surface area contributed by atoms with E-state index in [1.165, 1.54) is 19.3 Å². The normalized spacial score (nSPS) is 44.7. The van der Waals surface area contributed by atoms with E-state index in [9.17, 15) is 0 Å². The summed E-state index contributed by atoms with van der Waals surface area (Å²) in [6.07, 6.45) is 4.33. The maximum absolute atomic E-state index is 5.65. The second kappa shape index (κ2) is 1.51. The van der Waals surface area contributed by atoms with Crippen LogP contribution >= 0.6 is 0 Å². The molecule has 0 aromatic carbocycles. The molecule has 0 heterocycles. The van der Waals surface area contributed by atoms with E-state index >= 15 is 0 Å². The van der Waals surface area contributed by atoms with Crippen molar-refractivity contribution in [1.29, 1.82) is 0 Å². The van der Waals surface area contributed by atoms with Gasteiger partial charge >= 0.3 is 0 Å². The van der Waals surface area contributed by atoms with Crippen LogP contribution in [-0.2, 0) is 0 Å². The smallest absolute Gasteiger partial charge is 0.00230 e. The molecule has 2 fully saturated rings. The van der Waals surface area contributed by atoms with Crippen molar-refractivity contribution in [3.63, 3.8) is 0 Å². The van der Waals surface area contributed by atoms with Gasteiger partial charge < -0.3 is 5.73 Å². The minimum Gasteiger partial charge on any atom is -0.330 e. The van der Waals surface area contributed by atoms with Crippen LogP contribution in [0.5, 0.6) is 0 Å². The van der Waals surface area contributed by atoms with Gasteiger partial charge in [0.1, 0.15) is 0 Å². The van der Waals surface area contributed by atoms with Gasteiger partial charge in [0.05, 0.1) is 0 Å². The van der Waals surface area contributed by atoms with Crippen molar-refractivity contribution in [3.05, 3.63) is 0 Å². The standard InChI is InChI=1S/C8H15N/c1-8(5-9)3-6-2-7(6)4-8/h6-7H,2-5,9H2,1H3/t6-,7-/m0/s1. The van der Waals surface area contributed by atoms with E-state index in [1.807, 2.05) is 0 Å². The molecule has 0 amide bonds. The number of hydrogen-bond acceptors (Lipinski definition) is 1. The van der Waals surface area contributed by atoms with Crippen molar-refractivity contribution < 1.29 is 0 Å². The first kappa shape index (κ1) is 5.72. The van der Waals surface area contributed by atoms with Crippen molar-refractivity contribution in [2.24, 2.45) is 23.0 Å². The number of fused-ring (bicyclic) bond motifs is 1. The summed E-state index contributed by atoms with van der Waals surface area (Å²) in [7, 11) is 0. The molecule has 0 aliphatic heterocycles. The molecule has 2 aliphatic rings. The Labute approximate surface area is 56.6 Å². The molecule has 0 spiro atoms. The molecule has 0 aromatic heterocycles. The molecular formula is C8H15N. The molecule has 2 rings (SSSR count). The summed E-state index contributed by atoms with van der Waals surface area (Å²) >= 11 is 0. The SMILES string of the molecule is CC1(CN)C[C@@H]2C[C@H]2C1. The summed E-state index contributed by atoms with van der Waals surface area (Å²) in [6, 6.07) is 0. The van der Waals surface area contributed by atoms with E-state index in [1.54, 1.807) is 0 Å². The van der Waals surface area contributed by atoms with Gasteiger partial charge in [-0.25, -0.2) is 0 Å². The molecule has 9 heavy (non-hydrogen) atoms. The van der Waals surface area contributed by atoms with E-state index < -0.39 is 0 Å². The minimum atomic E-state index is 0.535. The fourth-order valence-corrected chi connectivity index (χ4v) is 2.33. The minimum absolute atomic E-state index is 0.535. The number of rotatable bonds is 1. The third kappa shape index (κ3) is 0.787. The van der Waals surface area contributed by atoms with Crippen molar-refractivity contribution >= 4 is 0 Å². The Morgan fingerprint density at radius 1 is 1.44 bits per heavy atom. The Kier molecular flexibility index (Phi) is 0.963. The Morgan fingerprint density at radius 3 is 2.33 bits per heavy atom. The molecule has 0 bridgehead atoms. The second-order valence-corrected chi connectivity index (χ2v) is 4.18. The van der Waals surface area contributed by atoms with Crippen LogP contribution < -0.4 is 5.73 Å². The number of hydrogen-bond donors (Lipinski definition) is 1. The lowest BCUT2D eigenvalue weighted by Crippen LogP contribution is -2.24. The molecule has 0 saturated heterocycles. The van der Waals surface area contributed by atoms with Crippen LogP contribution in [0.2, 0.25) is 0 Å². The van der Waals surface area contributed by atoms with E-state index in [0.29, 0.717) is 5.41 Å². The maximum atomic E-state index is 5.65. The molecule has 2 atom stereocenters. The second-order valence-electron chi connectivity index (χ2n) is 4.18. The predicted molar refractivity (Wildman–Crippen MR) is 38.0 cm³/mol. The topological polar surface area (TPSA) is 26.0 Å². The van der Waals surface area contributed by atoms with Gasteiger partial charge in [-0.05, 0) is 43.1 Å². The average molecular weight is 125 g/mol. The van der Waals surface area contributed by atoms with Gasteiger partial charge in [-0.2, -0.15) is 0 Å². The molecule has 0 radical (unpaired) electrons. The molecular weight excluding hydrogens is 110 g/mol. The Morgan fingerprint density at radius 2 is 2.00 bits per heavy atom. The lowest BCUT2D eigenvalue weighted by atomic mass is 9.86. The van der Waals surface area contributed by atoms with Crippen molar-refractivity contribution in [3.8, 4) is 0 Å². The van der Waals surface area contributed by atoms with Crippen LogP contribution in [0.4, 0.5) is 0 Å². The highest BCUT2D eigenvalue weighted by Crippen LogP contribution is 2.59. The highest BCUT2D eigenvalue weighted by atomic mass is 14.7. The molecule has 2 aliphatic carbocycles. The van der Waals surface area contributed by atoms with Crippen molar-refractivity contribution in [2.75, 3.05) is 6.54 Å². The molecule has 52 valence electrons. The highest BCUT2D eigenvalue weighted by molar-refractivity contribution is 5.01. The zero-order chi connectivity index (χ0) is 6.48. The van der Waals surface area contributed by atoms with Crippen LogP contribution in [0.3, 0.4) is 0 Å². The lowest BCUT2D eigenvalue weighted by molar-refractivity contribution is 0.311. The summed E-state index contributed by atoms with van der Waals surface area (Å²) in [5.74, 6) is 2.16. The highest BCUT2D eigenvalue weighted by Gasteiger charge is 2.50. The Bertz CT molecular complexity index is 121. The van der Waals surface area contributed by atoms with Crippen LogP contribution in [0.15, 0.2) is 0 Å². The van der Waals surface area contributed by atoms with Gasteiger partial charge in [0.15, 0.2) is 0 Å². The van der Waals surface area contributed by atoms with Crippen LogP contribution in [-0.4, -0.2) is 6.54 Å². The Balaban J connectivity index is 2.02. The third-order valence-corrected chi connectivity index (χ3v) is 3.07. The number of nitrogens with two attached hydrogens (primary N) is 1. The van der Waals surface area contributed by atoms with Gasteiger partial charge in [-0.15, -0.1) is 0 Å². The van der Waals surface area contributed by atoms with Gasteiger partial charge in [0.2, 0.25) is 0 Å². The van der Waals surface area contributed by atoms with E-state index in [-0.39, 0.29) is 0 Å². The first-order chi connectivity index (χ1) is 4.23. The van der Waals surface area contributed by atoms with Gasteiger partial charge in [0, 0.05) is 0 Å². The fourth-order valence-electron chi connectivity index (χ4n) is 2.33. The van der Waals surface area contributed by atoms with Crippen molar-refractivity contribution in [1.82, 2.24) is 0 Å². The molecule has 0 unspecified atom stereocenters. The molecule has 0 aromatic rings. The largest absolute Gasteiger partial charge is 0.330 e. The summed E-state index contributed by atoms with van der Waals surface area (Å²) < 4.78 is 0. The molecule has 1 heteroatoms. The van der Waals surface area contributed by atoms with Crippen LogP contribution in [0, 0.1) is 17.3 Å². The van der Waals surface area contributed by atoms with Gasteiger partial charge in [0.25, 0.3) is 0 Å². The first-order valence-electron chi connectivity index (χ1n) is 3.94. The Hall–Kier alpha value is -0.0400. The predicted octanol–water partition coefficient (Wildman–Crippen LogP) is 1.38. The molecule has 2 saturated carbocycles. The molecule has 2 N–H and O–H groups in total. The van der Waals surface area contributed by atoms with Gasteiger partial charge in [-0.3, -0.25) is 0 Å². The average Bonchev–Trinajstić information content (AvgIpc) is 2.42. The monoisotopic (exact) mass is 125 g/mol. The van der Waals surface area contributed by atoms with Crippen LogP contribution in [0.1, 0.15) is 26.2 Å². The summed E-state index contributed by atoms with van der Waals surface area (Å²) in [6.45, 7) is 3.24. The van der Waals surface area contributed by atoms with Crippen molar-refractivity contribution in [2.45, 2.75) is 26.2 Å². The first-order valence-corrected chi connectivity index (χ1v) is 3.94. The quantitative estimate of drug-likeness (QED) is 0.563. The zero-order valence-corrected chi connectivity index (χ0v) is 6.06. The van der Waals surface area contributed by atoms with Gasteiger partial charge in [-0.1, -0.05) is 6.92 Å². The summed E-state index contributed by atoms with van der Waals surface area (Å²) in [5, 5.41) is 0. The van der Waals surface area contributed by atoms with Crippen LogP contribution in [0.25, 0.3) is 0 Å². The summed E-state index contributed by atoms with van der Waals surface area (Å²) in [4.78, 5) is 0. The fraction of sp³-hybridized carbons (Fsp3) is 1.00. The third-order valence-electron chi connectivity index (χ3n) is 3.07. The van der Waals surface area contributed by atoms with E-state index in [0.717, 1.165) is 18.4 Å². The maximum Gasteiger partial charge on any atom is -0.00230 e. The van der Waals surface area contributed by atoms with E-state index in [2.05, 4.69) is 6.92 Å². The summed E-state index contributed by atoms with van der Waals surface area (Å²) in [5.41, 5.74) is 6.19. The lowest BCUT2D eigenvalue weighted by Gasteiger charge is -2.22. The van der Waals surface area contributed by atoms with E-state index in [4.69, 9.17) is 5.73 Å². The zero-order valence-electron chi connectivity index (χ0n) is 6.06.